The minimum absolute atomic E-state index is 0.0918. The van der Waals surface area contributed by atoms with Crippen LogP contribution in [-0.2, 0) is 0 Å². The summed E-state index contributed by atoms with van der Waals surface area (Å²) in [5.74, 6) is 0.817. The molecule has 0 radical (unpaired) electrons. The van der Waals surface area contributed by atoms with E-state index in [9.17, 15) is 10.1 Å². The molecule has 6 heteroatoms. The molecule has 0 aliphatic carbocycles. The number of nitro groups is 1. The van der Waals surface area contributed by atoms with Crippen LogP contribution < -0.4 is 9.47 Å². The summed E-state index contributed by atoms with van der Waals surface area (Å²) >= 11 is 0. The van der Waals surface area contributed by atoms with E-state index in [2.05, 4.69) is 4.98 Å². The van der Waals surface area contributed by atoms with Crippen LogP contribution in [0.25, 0.3) is 10.9 Å². The summed E-state index contributed by atoms with van der Waals surface area (Å²) in [4.78, 5) is 14.6. The van der Waals surface area contributed by atoms with Gasteiger partial charge in [-0.05, 0) is 19.1 Å². The van der Waals surface area contributed by atoms with Crippen molar-refractivity contribution in [1.82, 2.24) is 4.98 Å². The molecule has 0 saturated heterocycles. The number of methoxy groups -OCH3 is 1. The normalized spacial score (nSPS) is 10.3. The van der Waals surface area contributed by atoms with E-state index in [4.69, 9.17) is 9.47 Å². The van der Waals surface area contributed by atoms with Crippen LogP contribution in [0, 0.1) is 10.1 Å². The molecule has 0 aliphatic heterocycles. The number of rotatable bonds is 4. The van der Waals surface area contributed by atoms with Gasteiger partial charge in [-0.25, -0.2) is 4.98 Å². The number of hydrogen-bond donors (Lipinski definition) is 0. The number of aromatic nitrogens is 1. The summed E-state index contributed by atoms with van der Waals surface area (Å²) in [6.07, 6.45) is 1.51. The number of nitrogens with zero attached hydrogens (tertiary/aromatic N) is 2. The van der Waals surface area contributed by atoms with Crippen molar-refractivity contribution in [3.63, 3.8) is 0 Å². The first-order chi connectivity index (χ1) is 8.69. The van der Waals surface area contributed by atoms with E-state index in [1.165, 1.54) is 19.4 Å². The van der Waals surface area contributed by atoms with Crippen molar-refractivity contribution >= 4 is 16.6 Å². The van der Waals surface area contributed by atoms with E-state index in [0.29, 0.717) is 29.0 Å². The SMILES string of the molecule is CCOc1c(OC)cc([N+](=O)[O-])c2ncccc12. The molecule has 0 fully saturated rings. The van der Waals surface area contributed by atoms with Gasteiger partial charge in [-0.2, -0.15) is 0 Å². The lowest BCUT2D eigenvalue weighted by Gasteiger charge is -2.11. The molecule has 0 saturated carbocycles. The molecule has 1 aromatic heterocycles. The van der Waals surface area contributed by atoms with Crippen molar-refractivity contribution in [2.24, 2.45) is 0 Å². The second-order valence-corrected chi connectivity index (χ2v) is 3.52. The van der Waals surface area contributed by atoms with E-state index in [0.717, 1.165) is 0 Å². The van der Waals surface area contributed by atoms with Crippen molar-refractivity contribution in [2.75, 3.05) is 13.7 Å². The number of fused-ring (bicyclic) bond motifs is 1. The van der Waals surface area contributed by atoms with Crippen LogP contribution in [0.5, 0.6) is 11.5 Å². The molecule has 0 unspecified atom stereocenters. The number of pyridine rings is 1. The standard InChI is InChI=1S/C12H12N2O4/c1-3-18-12-8-5-4-6-13-11(8)9(14(15)16)7-10(12)17-2/h4-7H,3H2,1-2H3. The Morgan fingerprint density at radius 2 is 2.28 bits per heavy atom. The molecule has 0 N–H and O–H groups in total. The van der Waals surface area contributed by atoms with E-state index >= 15 is 0 Å². The van der Waals surface area contributed by atoms with E-state index in [1.54, 1.807) is 12.1 Å². The van der Waals surface area contributed by atoms with Gasteiger partial charge in [-0.3, -0.25) is 10.1 Å². The third kappa shape index (κ3) is 1.92. The van der Waals surface area contributed by atoms with Gasteiger partial charge in [0.15, 0.2) is 17.0 Å². The van der Waals surface area contributed by atoms with Gasteiger partial charge in [0.25, 0.3) is 5.69 Å². The first kappa shape index (κ1) is 12.1. The molecule has 0 bridgehead atoms. The largest absolute Gasteiger partial charge is 0.493 e. The summed E-state index contributed by atoms with van der Waals surface area (Å²) in [5.41, 5.74) is 0.206. The molecule has 1 aromatic carbocycles. The Morgan fingerprint density at radius 3 is 2.89 bits per heavy atom. The zero-order chi connectivity index (χ0) is 13.1. The topological polar surface area (TPSA) is 74.5 Å². The highest BCUT2D eigenvalue weighted by Gasteiger charge is 2.21. The highest BCUT2D eigenvalue weighted by Crippen LogP contribution is 2.40. The van der Waals surface area contributed by atoms with Gasteiger partial charge in [0.05, 0.1) is 30.1 Å². The smallest absolute Gasteiger partial charge is 0.299 e. The van der Waals surface area contributed by atoms with Gasteiger partial charge in [-0.15, -0.1) is 0 Å². The van der Waals surface area contributed by atoms with Crippen LogP contribution in [0.4, 0.5) is 5.69 Å². The van der Waals surface area contributed by atoms with Crippen molar-refractivity contribution in [3.8, 4) is 11.5 Å². The molecule has 0 amide bonds. The van der Waals surface area contributed by atoms with Crippen molar-refractivity contribution in [1.29, 1.82) is 0 Å². The first-order valence-electron chi connectivity index (χ1n) is 5.42. The fourth-order valence-electron chi connectivity index (χ4n) is 1.77. The highest BCUT2D eigenvalue weighted by molar-refractivity contribution is 5.94. The predicted octanol–water partition coefficient (Wildman–Crippen LogP) is 2.55. The van der Waals surface area contributed by atoms with Gasteiger partial charge in [0.1, 0.15) is 0 Å². The number of hydrogen-bond acceptors (Lipinski definition) is 5. The predicted molar refractivity (Wildman–Crippen MR) is 66.1 cm³/mol. The molecule has 0 atom stereocenters. The number of non-ortho nitro benzene ring substituents is 1. The summed E-state index contributed by atoms with van der Waals surface area (Å²) in [6.45, 7) is 2.28. The van der Waals surface area contributed by atoms with Crippen LogP contribution in [0.15, 0.2) is 24.4 Å². The van der Waals surface area contributed by atoms with Gasteiger partial charge in [0.2, 0.25) is 0 Å². The second kappa shape index (κ2) is 4.87. The first-order valence-corrected chi connectivity index (χ1v) is 5.42. The van der Waals surface area contributed by atoms with Gasteiger partial charge in [-0.1, -0.05) is 0 Å². The van der Waals surface area contributed by atoms with Crippen LogP contribution >= 0.6 is 0 Å². The molecule has 0 spiro atoms. The number of benzene rings is 1. The molecular formula is C12H12N2O4. The Morgan fingerprint density at radius 1 is 1.50 bits per heavy atom. The zero-order valence-corrected chi connectivity index (χ0v) is 10.0. The third-order valence-electron chi connectivity index (χ3n) is 2.49. The summed E-state index contributed by atoms with van der Waals surface area (Å²) < 4.78 is 10.6. The van der Waals surface area contributed by atoms with Crippen molar-refractivity contribution in [3.05, 3.63) is 34.5 Å². The average Bonchev–Trinajstić information content (AvgIpc) is 2.39. The lowest BCUT2D eigenvalue weighted by atomic mass is 10.1. The van der Waals surface area contributed by atoms with E-state index < -0.39 is 4.92 Å². The third-order valence-corrected chi connectivity index (χ3v) is 2.49. The molecule has 94 valence electrons. The van der Waals surface area contributed by atoms with Gasteiger partial charge < -0.3 is 9.47 Å². The Labute approximate surface area is 103 Å². The second-order valence-electron chi connectivity index (χ2n) is 3.52. The number of nitro benzene ring substituents is 1. The fourth-order valence-corrected chi connectivity index (χ4v) is 1.77. The van der Waals surface area contributed by atoms with Gasteiger partial charge in [0, 0.05) is 6.20 Å². The Kier molecular flexibility index (Phi) is 3.27. The molecule has 2 aromatic rings. The maximum Gasteiger partial charge on any atom is 0.299 e. The highest BCUT2D eigenvalue weighted by atomic mass is 16.6. The molecule has 2 rings (SSSR count). The fraction of sp³-hybridized carbons (Fsp3) is 0.250. The molecular weight excluding hydrogens is 236 g/mol. The lowest BCUT2D eigenvalue weighted by Crippen LogP contribution is -1.99. The number of ether oxygens (including phenoxy) is 2. The maximum atomic E-state index is 11.0. The Balaban J connectivity index is 2.82. The molecule has 1 heterocycles. The van der Waals surface area contributed by atoms with Crippen molar-refractivity contribution in [2.45, 2.75) is 6.92 Å². The van der Waals surface area contributed by atoms with E-state index in [-0.39, 0.29) is 5.69 Å². The monoisotopic (exact) mass is 248 g/mol. The molecule has 6 nitrogen and oxygen atoms in total. The quantitative estimate of drug-likeness (QED) is 0.614. The lowest BCUT2D eigenvalue weighted by molar-refractivity contribution is -0.383. The zero-order valence-electron chi connectivity index (χ0n) is 10.0. The van der Waals surface area contributed by atoms with Crippen LogP contribution in [0.3, 0.4) is 0 Å². The summed E-state index contributed by atoms with van der Waals surface area (Å²) in [6, 6.07) is 4.76. The molecule has 18 heavy (non-hydrogen) atoms. The average molecular weight is 248 g/mol. The van der Waals surface area contributed by atoms with E-state index in [1.807, 2.05) is 6.92 Å². The van der Waals surface area contributed by atoms with Crippen LogP contribution in [-0.4, -0.2) is 23.6 Å². The summed E-state index contributed by atoms with van der Waals surface area (Å²) in [7, 11) is 1.45. The summed E-state index contributed by atoms with van der Waals surface area (Å²) in [5, 5.41) is 11.6. The molecule has 0 aliphatic rings. The van der Waals surface area contributed by atoms with Crippen LogP contribution in [0.1, 0.15) is 6.92 Å². The van der Waals surface area contributed by atoms with Gasteiger partial charge >= 0.3 is 0 Å². The van der Waals surface area contributed by atoms with Crippen molar-refractivity contribution < 1.29 is 14.4 Å². The minimum Gasteiger partial charge on any atom is -0.493 e. The van der Waals surface area contributed by atoms with Crippen LogP contribution in [0.2, 0.25) is 0 Å². The minimum atomic E-state index is -0.479. The Hall–Kier alpha value is -2.37. The Bertz CT molecular complexity index is 598. The maximum absolute atomic E-state index is 11.0.